The molecule has 0 saturated heterocycles. The molecule has 0 aliphatic rings. The molecule has 0 aromatic carbocycles. The monoisotopic (exact) mass is 374 g/mol. The SMILES string of the molecule is CC(=O)c1cc([N+](=O)[O-])c(N(C)Cc2csc(Br)c2)s1. The average Bonchev–Trinajstić information content (AvgIpc) is 2.95. The van der Waals surface area contributed by atoms with Crippen molar-refractivity contribution in [3.8, 4) is 0 Å². The predicted octanol–water partition coefficient (Wildman–Crippen LogP) is 4.32. The molecule has 0 atom stereocenters. The summed E-state index contributed by atoms with van der Waals surface area (Å²) in [5.41, 5.74) is 1.05. The Bertz CT molecular complexity index is 665. The minimum Gasteiger partial charge on any atom is -0.356 e. The van der Waals surface area contributed by atoms with Gasteiger partial charge in [-0.3, -0.25) is 14.9 Å². The number of thiophene rings is 2. The highest BCUT2D eigenvalue weighted by molar-refractivity contribution is 9.11. The van der Waals surface area contributed by atoms with E-state index in [2.05, 4.69) is 15.9 Å². The normalized spacial score (nSPS) is 10.6. The van der Waals surface area contributed by atoms with Gasteiger partial charge in [-0.2, -0.15) is 0 Å². The van der Waals surface area contributed by atoms with E-state index in [4.69, 9.17) is 0 Å². The lowest BCUT2D eigenvalue weighted by Gasteiger charge is -2.15. The number of rotatable bonds is 5. The molecule has 0 bridgehead atoms. The van der Waals surface area contributed by atoms with Gasteiger partial charge in [0.25, 0.3) is 0 Å². The molecule has 0 N–H and O–H groups in total. The van der Waals surface area contributed by atoms with Gasteiger partial charge in [-0.05, 0) is 39.9 Å². The van der Waals surface area contributed by atoms with Crippen molar-refractivity contribution in [3.63, 3.8) is 0 Å². The molecule has 5 nitrogen and oxygen atoms in total. The standard InChI is InChI=1S/C12H11BrN2O3S2/c1-7(16)10-4-9(15(17)18)12(20-10)14(2)5-8-3-11(13)19-6-8/h3-4,6H,5H2,1-2H3. The quantitative estimate of drug-likeness (QED) is 0.444. The summed E-state index contributed by atoms with van der Waals surface area (Å²) in [7, 11) is 1.79. The van der Waals surface area contributed by atoms with Crippen molar-refractivity contribution in [1.29, 1.82) is 0 Å². The molecule has 8 heteroatoms. The van der Waals surface area contributed by atoms with Crippen molar-refractivity contribution in [2.45, 2.75) is 13.5 Å². The maximum absolute atomic E-state index is 11.4. The highest BCUT2D eigenvalue weighted by atomic mass is 79.9. The zero-order valence-electron chi connectivity index (χ0n) is 10.8. The van der Waals surface area contributed by atoms with E-state index in [9.17, 15) is 14.9 Å². The molecule has 0 aliphatic heterocycles. The number of carbonyl (C=O) groups is 1. The van der Waals surface area contributed by atoms with Gasteiger partial charge < -0.3 is 4.90 Å². The van der Waals surface area contributed by atoms with Crippen LogP contribution < -0.4 is 4.90 Å². The molecule has 2 aromatic heterocycles. The summed E-state index contributed by atoms with van der Waals surface area (Å²) in [6.07, 6.45) is 0. The summed E-state index contributed by atoms with van der Waals surface area (Å²) in [5.74, 6) is -0.156. The lowest BCUT2D eigenvalue weighted by molar-refractivity contribution is -0.383. The first-order chi connectivity index (χ1) is 9.38. The van der Waals surface area contributed by atoms with Gasteiger partial charge in [-0.1, -0.05) is 0 Å². The molecule has 20 heavy (non-hydrogen) atoms. The topological polar surface area (TPSA) is 63.4 Å². The fraction of sp³-hybridized carbons (Fsp3) is 0.250. The number of nitrogens with zero attached hydrogens (tertiary/aromatic N) is 2. The van der Waals surface area contributed by atoms with Crippen LogP contribution in [0.3, 0.4) is 0 Å². The molecule has 0 unspecified atom stereocenters. The number of anilines is 1. The van der Waals surface area contributed by atoms with E-state index in [-0.39, 0.29) is 11.5 Å². The molecular formula is C12H11BrN2O3S2. The molecule has 0 spiro atoms. The smallest absolute Gasteiger partial charge is 0.304 e. The molecule has 2 rings (SSSR count). The van der Waals surface area contributed by atoms with Crippen molar-refractivity contribution < 1.29 is 9.72 Å². The van der Waals surface area contributed by atoms with Gasteiger partial charge >= 0.3 is 5.69 Å². The highest BCUT2D eigenvalue weighted by Crippen LogP contribution is 2.38. The minimum atomic E-state index is -0.446. The second-order valence-electron chi connectivity index (χ2n) is 4.23. The summed E-state index contributed by atoms with van der Waals surface area (Å²) in [6, 6.07) is 3.33. The van der Waals surface area contributed by atoms with Crippen molar-refractivity contribution in [3.05, 3.63) is 41.9 Å². The summed E-state index contributed by atoms with van der Waals surface area (Å²) in [4.78, 5) is 24.2. The van der Waals surface area contributed by atoms with Crippen LogP contribution in [-0.4, -0.2) is 17.8 Å². The molecule has 0 aliphatic carbocycles. The van der Waals surface area contributed by atoms with Gasteiger partial charge in [0.15, 0.2) is 10.8 Å². The fourth-order valence-electron chi connectivity index (χ4n) is 1.72. The van der Waals surface area contributed by atoms with Crippen LogP contribution in [0.5, 0.6) is 0 Å². The van der Waals surface area contributed by atoms with Crippen LogP contribution in [0.15, 0.2) is 21.3 Å². The summed E-state index contributed by atoms with van der Waals surface area (Å²) in [5, 5.41) is 13.6. The van der Waals surface area contributed by atoms with Gasteiger partial charge in [0.2, 0.25) is 0 Å². The Morgan fingerprint density at radius 1 is 1.50 bits per heavy atom. The third-order valence-electron chi connectivity index (χ3n) is 2.63. The predicted molar refractivity (Wildman–Crippen MR) is 85.1 cm³/mol. The van der Waals surface area contributed by atoms with E-state index in [1.807, 2.05) is 11.4 Å². The van der Waals surface area contributed by atoms with Gasteiger partial charge in [-0.15, -0.1) is 22.7 Å². The van der Waals surface area contributed by atoms with Crippen LogP contribution in [0.25, 0.3) is 0 Å². The summed E-state index contributed by atoms with van der Waals surface area (Å²) >= 11 is 6.11. The number of Topliss-reactive ketones (excluding diaryl/α,β-unsaturated/α-hetero) is 1. The van der Waals surface area contributed by atoms with Crippen LogP contribution in [-0.2, 0) is 6.54 Å². The van der Waals surface area contributed by atoms with E-state index in [1.54, 1.807) is 23.3 Å². The lowest BCUT2D eigenvalue weighted by Crippen LogP contribution is -2.15. The number of hydrogen-bond donors (Lipinski definition) is 0. The van der Waals surface area contributed by atoms with E-state index in [0.717, 1.165) is 20.7 Å². The molecule has 0 saturated carbocycles. The van der Waals surface area contributed by atoms with Crippen LogP contribution in [0, 0.1) is 10.1 Å². The Balaban J connectivity index is 2.30. The van der Waals surface area contributed by atoms with Gasteiger partial charge in [0.05, 0.1) is 13.6 Å². The highest BCUT2D eigenvalue weighted by Gasteiger charge is 2.23. The van der Waals surface area contributed by atoms with Crippen LogP contribution in [0.4, 0.5) is 10.7 Å². The second kappa shape index (κ2) is 6.02. The van der Waals surface area contributed by atoms with Crippen LogP contribution in [0.2, 0.25) is 0 Å². The van der Waals surface area contributed by atoms with Crippen molar-refractivity contribution in [1.82, 2.24) is 0 Å². The fourth-order valence-corrected chi connectivity index (χ4v) is 3.91. The lowest BCUT2D eigenvalue weighted by atomic mass is 10.3. The van der Waals surface area contributed by atoms with E-state index < -0.39 is 4.92 Å². The van der Waals surface area contributed by atoms with E-state index >= 15 is 0 Å². The van der Waals surface area contributed by atoms with E-state index in [0.29, 0.717) is 16.4 Å². The Hall–Kier alpha value is -1.25. The Labute approximate surface area is 132 Å². The third kappa shape index (κ3) is 3.25. The van der Waals surface area contributed by atoms with Crippen LogP contribution in [0.1, 0.15) is 22.2 Å². The maximum Gasteiger partial charge on any atom is 0.304 e. The van der Waals surface area contributed by atoms with Gasteiger partial charge in [0.1, 0.15) is 0 Å². The largest absolute Gasteiger partial charge is 0.356 e. The first-order valence-corrected chi connectivity index (χ1v) is 8.10. The van der Waals surface area contributed by atoms with Crippen molar-refractivity contribution >= 4 is 55.1 Å². The minimum absolute atomic E-state index is 0.0167. The Morgan fingerprint density at radius 3 is 2.70 bits per heavy atom. The Kier molecular flexibility index (Phi) is 4.56. The van der Waals surface area contributed by atoms with Crippen molar-refractivity contribution in [2.75, 3.05) is 11.9 Å². The Morgan fingerprint density at radius 2 is 2.20 bits per heavy atom. The zero-order valence-corrected chi connectivity index (χ0v) is 14.0. The summed E-state index contributed by atoms with van der Waals surface area (Å²) < 4.78 is 1.02. The second-order valence-corrected chi connectivity index (χ2v) is 7.55. The molecule has 0 fully saturated rings. The first-order valence-electron chi connectivity index (χ1n) is 5.61. The molecule has 0 radical (unpaired) electrons. The number of nitro groups is 1. The number of hydrogen-bond acceptors (Lipinski definition) is 6. The average molecular weight is 375 g/mol. The van der Waals surface area contributed by atoms with Crippen LogP contribution >= 0.6 is 38.6 Å². The number of halogens is 1. The molecule has 0 amide bonds. The molecule has 2 aromatic rings. The molecular weight excluding hydrogens is 364 g/mol. The summed E-state index contributed by atoms with van der Waals surface area (Å²) in [6.45, 7) is 1.97. The van der Waals surface area contributed by atoms with E-state index in [1.165, 1.54) is 13.0 Å². The zero-order chi connectivity index (χ0) is 14.9. The van der Waals surface area contributed by atoms with Gasteiger partial charge in [-0.25, -0.2) is 0 Å². The maximum atomic E-state index is 11.4. The van der Waals surface area contributed by atoms with Gasteiger partial charge in [0, 0.05) is 19.7 Å². The number of ketones is 1. The molecule has 106 valence electrons. The van der Waals surface area contributed by atoms with Crippen molar-refractivity contribution in [2.24, 2.45) is 0 Å². The third-order valence-corrected chi connectivity index (χ3v) is 5.52. The first kappa shape index (κ1) is 15.1. The number of carbonyl (C=O) groups excluding carboxylic acids is 1. The molecule has 2 heterocycles.